The van der Waals surface area contributed by atoms with Gasteiger partial charge in [-0.05, 0) is 89.7 Å². The highest BCUT2D eigenvalue weighted by Gasteiger charge is 2.86. The number of amidine groups is 1. The maximum atomic E-state index is 14.4. The number of nitrogens with one attached hydrogen (secondary N) is 2. The van der Waals surface area contributed by atoms with Gasteiger partial charge in [-0.2, -0.15) is 8.42 Å². The number of hydrogen-bond acceptors (Lipinski definition) is 7. The van der Waals surface area contributed by atoms with E-state index in [-0.39, 0.29) is 64.0 Å². The molecule has 8 fully saturated rings. The van der Waals surface area contributed by atoms with Crippen LogP contribution in [0.15, 0.2) is 51.8 Å². The van der Waals surface area contributed by atoms with E-state index in [2.05, 4.69) is 14.4 Å². The van der Waals surface area contributed by atoms with Crippen molar-refractivity contribution in [2.75, 3.05) is 16.3 Å². The van der Waals surface area contributed by atoms with Crippen molar-refractivity contribution in [3.05, 3.63) is 53.8 Å². The number of amides is 1. The monoisotopic (exact) mass is 610 g/mol. The summed E-state index contributed by atoms with van der Waals surface area (Å²) in [5.74, 6) is 0.691. The Bertz CT molecular complexity index is 1860. The van der Waals surface area contributed by atoms with Crippen molar-refractivity contribution in [1.29, 1.82) is 0 Å². The van der Waals surface area contributed by atoms with Crippen LogP contribution in [0.1, 0.15) is 12.0 Å². The van der Waals surface area contributed by atoms with Gasteiger partial charge in [0.25, 0.3) is 10.0 Å². The number of ketones is 1. The molecule has 7 saturated carbocycles. The molecular weight excluding hydrogens is 583 g/mol. The van der Waals surface area contributed by atoms with Crippen LogP contribution in [-0.4, -0.2) is 51.6 Å². The molecular formula is C29H27FN4O6S2. The molecule has 2 aliphatic heterocycles. The largest absolute Gasteiger partial charge is 0.341 e. The van der Waals surface area contributed by atoms with E-state index in [1.54, 1.807) is 17.0 Å². The molecule has 9 aliphatic rings. The summed E-state index contributed by atoms with van der Waals surface area (Å²) in [6.45, 7) is 0.203. The third kappa shape index (κ3) is 3.26. The van der Waals surface area contributed by atoms with Crippen LogP contribution < -0.4 is 10.0 Å². The second-order valence-electron chi connectivity index (χ2n) is 13.1. The highest BCUT2D eigenvalue weighted by atomic mass is 32.2. The molecule has 1 saturated heterocycles. The smallest absolute Gasteiger partial charge is 0.286 e. The van der Waals surface area contributed by atoms with Crippen LogP contribution in [0.2, 0.25) is 0 Å². The van der Waals surface area contributed by atoms with Crippen LogP contribution in [0.4, 0.5) is 15.8 Å². The summed E-state index contributed by atoms with van der Waals surface area (Å²) in [6, 6.07) is 9.69. The van der Waals surface area contributed by atoms with E-state index in [4.69, 9.17) is 0 Å². The number of hydrogen-bond donors (Lipinski definition) is 2. The van der Waals surface area contributed by atoms with Crippen LogP contribution in [0.3, 0.4) is 0 Å². The first kappa shape index (κ1) is 25.2. The number of carbonyl (C=O) groups is 2. The number of likely N-dealkylation sites (tertiary alicyclic amines) is 1. The van der Waals surface area contributed by atoms with Crippen LogP contribution >= 0.6 is 0 Å². The number of fused-ring (bicyclic) bond motifs is 1. The van der Waals surface area contributed by atoms with Crippen molar-refractivity contribution in [3.8, 4) is 0 Å². The minimum absolute atomic E-state index is 0.0492. The number of carbonyl (C=O) groups excluding carboxylic acids is 2. The Kier molecular flexibility index (Phi) is 4.67. The lowest BCUT2D eigenvalue weighted by molar-refractivity contribution is -0.163. The summed E-state index contributed by atoms with van der Waals surface area (Å²) >= 11 is 0. The highest BCUT2D eigenvalue weighted by molar-refractivity contribution is 7.92. The summed E-state index contributed by atoms with van der Waals surface area (Å²) in [5, 5.41) is 2.94. The minimum atomic E-state index is -4.37. The van der Waals surface area contributed by atoms with Crippen molar-refractivity contribution >= 4 is 48.9 Å². The molecule has 8 bridgehead atoms. The summed E-state index contributed by atoms with van der Waals surface area (Å²) in [4.78, 5) is 30.3. The Morgan fingerprint density at radius 1 is 1.00 bits per heavy atom. The number of benzene rings is 2. The number of sulfonamides is 2. The van der Waals surface area contributed by atoms with Crippen LogP contribution in [0, 0.1) is 65.0 Å². The molecule has 2 aromatic rings. The SMILES string of the molecule is CS(=O)(=O)Nc1ccc2c(c1)S(=O)(=O)N=C(C1C(=O)[C@H]3C4C5C6CC7C(C74)C(C65)[C@H]3N(Cc3ccc(F)cc3)C1=O)N2. The molecule has 11 rings (SSSR count). The molecule has 2 N–H and O–H groups in total. The fourth-order valence-electron chi connectivity index (χ4n) is 10.1. The van der Waals surface area contributed by atoms with Gasteiger partial charge in [-0.25, -0.2) is 12.8 Å². The second-order valence-corrected chi connectivity index (χ2v) is 16.5. The van der Waals surface area contributed by atoms with Crippen LogP contribution in [0.5, 0.6) is 0 Å². The molecule has 10 nitrogen and oxygen atoms in total. The molecule has 1 amide bonds. The zero-order valence-electron chi connectivity index (χ0n) is 22.3. The first-order valence-electron chi connectivity index (χ1n) is 14.3. The van der Waals surface area contributed by atoms with E-state index in [1.807, 2.05) is 0 Å². The maximum absolute atomic E-state index is 14.4. The van der Waals surface area contributed by atoms with E-state index in [1.165, 1.54) is 30.7 Å². The van der Waals surface area contributed by atoms with Crippen molar-refractivity contribution in [2.45, 2.75) is 23.9 Å². The predicted molar refractivity (Wildman–Crippen MR) is 148 cm³/mol. The molecule has 13 heteroatoms. The van der Waals surface area contributed by atoms with Crippen molar-refractivity contribution in [2.24, 2.45) is 63.6 Å². The van der Waals surface area contributed by atoms with Gasteiger partial charge in [0.1, 0.15) is 16.5 Å². The fraction of sp³-hybridized carbons (Fsp3) is 0.483. The lowest BCUT2D eigenvalue weighted by Gasteiger charge is -2.55. The fourth-order valence-corrected chi connectivity index (χ4v) is 11.8. The van der Waals surface area contributed by atoms with Gasteiger partial charge >= 0.3 is 0 Å². The number of anilines is 2. The molecule has 218 valence electrons. The van der Waals surface area contributed by atoms with Crippen LogP contribution in [-0.2, 0) is 36.2 Å². The van der Waals surface area contributed by atoms with E-state index < -0.39 is 31.9 Å². The number of Topliss-reactive ketones (excluding diaryl/α,β-unsaturated/α-hetero) is 1. The molecule has 2 heterocycles. The molecule has 42 heavy (non-hydrogen) atoms. The summed E-state index contributed by atoms with van der Waals surface area (Å²) in [7, 11) is -8.02. The third-order valence-corrected chi connectivity index (χ3v) is 13.1. The van der Waals surface area contributed by atoms with E-state index >= 15 is 0 Å². The molecule has 7 unspecified atom stereocenters. The van der Waals surface area contributed by atoms with Gasteiger partial charge in [-0.3, -0.25) is 14.3 Å². The summed E-state index contributed by atoms with van der Waals surface area (Å²) in [6.07, 6.45) is 2.18. The van der Waals surface area contributed by atoms with Crippen LogP contribution in [0.25, 0.3) is 0 Å². The van der Waals surface area contributed by atoms with Gasteiger partial charge in [0.05, 0.1) is 11.9 Å². The molecule has 2 aromatic carbocycles. The van der Waals surface area contributed by atoms with E-state index in [0.29, 0.717) is 35.5 Å². The molecule has 0 spiro atoms. The number of nitrogens with zero attached hydrogens (tertiary/aromatic N) is 2. The average molecular weight is 611 g/mol. The lowest BCUT2D eigenvalue weighted by Crippen LogP contribution is -2.67. The minimum Gasteiger partial charge on any atom is -0.341 e. The normalized spacial score (nSPS) is 40.9. The zero-order valence-corrected chi connectivity index (χ0v) is 24.0. The second kappa shape index (κ2) is 7.79. The van der Waals surface area contributed by atoms with Gasteiger partial charge in [-0.15, -0.1) is 4.40 Å². The van der Waals surface area contributed by atoms with Crippen molar-refractivity contribution in [3.63, 3.8) is 0 Å². The van der Waals surface area contributed by atoms with Gasteiger partial charge in [-0.1, -0.05) is 12.1 Å². The Morgan fingerprint density at radius 2 is 1.67 bits per heavy atom. The molecule has 7 aliphatic carbocycles. The molecule has 0 aromatic heterocycles. The van der Waals surface area contributed by atoms with Gasteiger partial charge in [0.2, 0.25) is 15.9 Å². The average Bonchev–Trinajstić information content (AvgIpc) is 3.84. The first-order valence-corrected chi connectivity index (χ1v) is 17.6. The van der Waals surface area contributed by atoms with Gasteiger partial charge in [0, 0.05) is 24.2 Å². The Morgan fingerprint density at radius 3 is 2.33 bits per heavy atom. The standard InChI is InChI=1S/C29H27FN4O6S2/c1-41(37,38)32-13-6-7-16-17(8-13)42(39,40)33-28(31-16)25-27(35)24-22-18-14-9-15-19(22)21(15)23(20(14)18)26(24)34(29(25)36)10-11-2-4-12(30)5-3-11/h2-8,14-15,18-26,32H,9-10H2,1H3,(H,31,33)/t14?,15?,18?,19?,20?,21?,22?,23?,24-,25?,26+/m0/s1. The maximum Gasteiger partial charge on any atom is 0.286 e. The summed E-state index contributed by atoms with van der Waals surface area (Å²) < 4.78 is 70.0. The number of rotatable bonds is 5. The van der Waals surface area contributed by atoms with E-state index in [0.717, 1.165) is 17.9 Å². The number of piperidine rings is 1. The zero-order chi connectivity index (χ0) is 29.0. The van der Waals surface area contributed by atoms with Crippen molar-refractivity contribution in [1.82, 2.24) is 4.90 Å². The first-order chi connectivity index (χ1) is 19.9. The topological polar surface area (TPSA) is 142 Å². The lowest BCUT2D eigenvalue weighted by atomic mass is 9.57. The molecule has 9 atom stereocenters. The Hall–Kier alpha value is -3.32. The van der Waals surface area contributed by atoms with Crippen molar-refractivity contribution < 1.29 is 30.8 Å². The van der Waals surface area contributed by atoms with Gasteiger partial charge in [0.15, 0.2) is 11.7 Å². The summed E-state index contributed by atoms with van der Waals surface area (Å²) in [5.41, 5.74) is 0.904. The Labute approximate surface area is 241 Å². The highest BCUT2D eigenvalue weighted by Crippen LogP contribution is 2.87. The van der Waals surface area contributed by atoms with E-state index in [9.17, 15) is 30.8 Å². The van der Waals surface area contributed by atoms with Gasteiger partial charge < -0.3 is 10.2 Å². The predicted octanol–water partition coefficient (Wildman–Crippen LogP) is 2.31. The quantitative estimate of drug-likeness (QED) is 0.495. The third-order valence-electron chi connectivity index (χ3n) is 11.2. The molecule has 0 radical (unpaired) electrons. The Balaban J connectivity index is 1.12. The number of halogens is 1.